The van der Waals surface area contributed by atoms with Gasteiger partial charge in [0.15, 0.2) is 0 Å². The number of carbonyl (C=O) groups excluding carboxylic acids is 1. The highest BCUT2D eigenvalue weighted by molar-refractivity contribution is 6.12. The third kappa shape index (κ3) is 3.59. The van der Waals surface area contributed by atoms with Gasteiger partial charge in [-0.3, -0.25) is 10.2 Å². The van der Waals surface area contributed by atoms with Gasteiger partial charge in [0.05, 0.1) is 6.04 Å². The van der Waals surface area contributed by atoms with Crippen molar-refractivity contribution in [2.45, 2.75) is 18.9 Å². The van der Waals surface area contributed by atoms with Crippen molar-refractivity contribution in [1.82, 2.24) is 5.32 Å². The minimum absolute atomic E-state index is 0.0527. The molecule has 5 heteroatoms. The predicted octanol–water partition coefficient (Wildman–Crippen LogP) is 2.98. The van der Waals surface area contributed by atoms with Gasteiger partial charge in [-0.2, -0.15) is 5.26 Å². The van der Waals surface area contributed by atoms with Crippen LogP contribution < -0.4 is 11.1 Å². The Morgan fingerprint density at radius 3 is 2.88 bits per heavy atom. The number of nitriles is 1. The van der Waals surface area contributed by atoms with Gasteiger partial charge in [0.1, 0.15) is 11.8 Å². The molecule has 0 aliphatic heterocycles. The zero-order valence-corrected chi connectivity index (χ0v) is 13.6. The van der Waals surface area contributed by atoms with Crippen LogP contribution in [0.2, 0.25) is 0 Å². The second-order valence-electron chi connectivity index (χ2n) is 5.97. The zero-order valence-electron chi connectivity index (χ0n) is 13.6. The maximum atomic E-state index is 12.2. The average molecular weight is 330 g/mol. The molecule has 0 bridgehead atoms. The van der Waals surface area contributed by atoms with E-state index in [1.54, 1.807) is 30.3 Å². The molecule has 1 atom stereocenters. The van der Waals surface area contributed by atoms with Crippen molar-refractivity contribution >= 4 is 23.4 Å². The Bertz CT molecular complexity index is 908. The average Bonchev–Trinajstić information content (AvgIpc) is 3.02. The van der Waals surface area contributed by atoms with Gasteiger partial charge in [-0.25, -0.2) is 0 Å². The number of carbonyl (C=O) groups is 1. The number of hydrogen-bond donors (Lipinski definition) is 3. The lowest BCUT2D eigenvalue weighted by atomic mass is 10.1. The first-order valence-corrected chi connectivity index (χ1v) is 8.03. The van der Waals surface area contributed by atoms with E-state index in [0.717, 1.165) is 18.4 Å². The van der Waals surface area contributed by atoms with E-state index in [4.69, 9.17) is 16.4 Å². The Morgan fingerprint density at radius 2 is 2.12 bits per heavy atom. The molecular formula is C20H18N4O. The fourth-order valence-corrected chi connectivity index (χ4v) is 3.07. The largest absolute Gasteiger partial charge is 0.398 e. The molecule has 2 aromatic carbocycles. The van der Waals surface area contributed by atoms with E-state index in [0.29, 0.717) is 11.3 Å². The van der Waals surface area contributed by atoms with Gasteiger partial charge in [-0.15, -0.1) is 0 Å². The molecule has 1 amide bonds. The summed E-state index contributed by atoms with van der Waals surface area (Å²) in [5.74, 6) is -0.158. The van der Waals surface area contributed by atoms with Gasteiger partial charge in [0.2, 0.25) is 5.91 Å². The molecule has 0 radical (unpaired) electrons. The van der Waals surface area contributed by atoms with Crippen LogP contribution in [0.1, 0.15) is 34.7 Å². The lowest BCUT2D eigenvalue weighted by molar-refractivity contribution is -0.117. The van der Waals surface area contributed by atoms with Crippen molar-refractivity contribution in [3.63, 3.8) is 0 Å². The number of nitrogen functional groups attached to an aromatic ring is 1. The Labute approximate surface area is 146 Å². The fraction of sp³-hybridized carbons (Fsp3) is 0.150. The molecule has 0 fully saturated rings. The van der Waals surface area contributed by atoms with Gasteiger partial charge in [-0.05, 0) is 47.7 Å². The Balaban J connectivity index is 1.67. The van der Waals surface area contributed by atoms with Crippen molar-refractivity contribution in [1.29, 1.82) is 10.7 Å². The van der Waals surface area contributed by atoms with Gasteiger partial charge in [0.25, 0.3) is 0 Å². The standard InChI is InChI=1S/C20H18N4O/c21-12-18(23)16-8-5-13(11-17(16)22)6-10-20(25)24-19-9-7-14-3-1-2-4-15(14)19/h1-6,8,10-11,19,23H,7,9,22H2,(H,24,25)/b10-6+,23-18?. The summed E-state index contributed by atoms with van der Waals surface area (Å²) >= 11 is 0. The number of nitrogens with two attached hydrogens (primary N) is 1. The third-order valence-corrected chi connectivity index (χ3v) is 4.33. The van der Waals surface area contributed by atoms with E-state index in [2.05, 4.69) is 17.4 Å². The molecule has 0 spiro atoms. The number of amides is 1. The Morgan fingerprint density at radius 1 is 1.32 bits per heavy atom. The maximum absolute atomic E-state index is 12.2. The van der Waals surface area contributed by atoms with Crippen LogP contribution in [0.4, 0.5) is 5.69 Å². The molecule has 0 aromatic heterocycles. The molecule has 4 N–H and O–H groups in total. The summed E-state index contributed by atoms with van der Waals surface area (Å²) in [5, 5.41) is 19.3. The fourth-order valence-electron chi connectivity index (χ4n) is 3.07. The molecule has 5 nitrogen and oxygen atoms in total. The zero-order chi connectivity index (χ0) is 17.8. The molecule has 25 heavy (non-hydrogen) atoms. The summed E-state index contributed by atoms with van der Waals surface area (Å²) in [6, 6.07) is 15.0. The molecule has 0 heterocycles. The lowest BCUT2D eigenvalue weighted by Gasteiger charge is -2.12. The second kappa shape index (κ2) is 7.02. The van der Waals surface area contributed by atoms with Crippen molar-refractivity contribution < 1.29 is 4.79 Å². The summed E-state index contributed by atoms with van der Waals surface area (Å²) in [7, 11) is 0. The van der Waals surface area contributed by atoms with Crippen molar-refractivity contribution in [3.8, 4) is 6.07 Å². The first-order chi connectivity index (χ1) is 12.1. The molecule has 1 aliphatic rings. The molecule has 0 saturated carbocycles. The van der Waals surface area contributed by atoms with Gasteiger partial charge in [-0.1, -0.05) is 30.3 Å². The first kappa shape index (κ1) is 16.5. The van der Waals surface area contributed by atoms with E-state index in [9.17, 15) is 4.79 Å². The minimum Gasteiger partial charge on any atom is -0.398 e. The molecule has 2 aromatic rings. The van der Waals surface area contributed by atoms with Crippen molar-refractivity contribution in [2.24, 2.45) is 0 Å². The summed E-state index contributed by atoms with van der Waals surface area (Å²) in [5.41, 5.74) is 9.65. The van der Waals surface area contributed by atoms with Crippen LogP contribution in [0.3, 0.4) is 0 Å². The summed E-state index contributed by atoms with van der Waals surface area (Å²) in [6.07, 6.45) is 5.04. The highest BCUT2D eigenvalue weighted by atomic mass is 16.1. The van der Waals surface area contributed by atoms with Gasteiger partial charge in [0, 0.05) is 17.3 Å². The molecular weight excluding hydrogens is 312 g/mol. The molecule has 3 rings (SSSR count). The topological polar surface area (TPSA) is 103 Å². The van der Waals surface area contributed by atoms with Crippen LogP contribution >= 0.6 is 0 Å². The van der Waals surface area contributed by atoms with Gasteiger partial charge >= 0.3 is 0 Å². The molecule has 1 unspecified atom stereocenters. The Hall–Kier alpha value is -3.39. The number of nitrogens with zero attached hydrogens (tertiary/aromatic N) is 1. The number of hydrogen-bond acceptors (Lipinski definition) is 4. The number of anilines is 1. The van der Waals surface area contributed by atoms with E-state index >= 15 is 0 Å². The lowest BCUT2D eigenvalue weighted by Crippen LogP contribution is -2.25. The van der Waals surface area contributed by atoms with Gasteiger partial charge < -0.3 is 11.1 Å². The molecule has 1 aliphatic carbocycles. The smallest absolute Gasteiger partial charge is 0.244 e. The number of rotatable bonds is 4. The predicted molar refractivity (Wildman–Crippen MR) is 98.0 cm³/mol. The summed E-state index contributed by atoms with van der Waals surface area (Å²) < 4.78 is 0. The number of fused-ring (bicyclic) bond motifs is 1. The number of aryl methyl sites for hydroxylation is 1. The summed E-state index contributed by atoms with van der Waals surface area (Å²) in [6.45, 7) is 0. The van der Waals surface area contributed by atoms with E-state index in [1.807, 2.05) is 12.1 Å². The quantitative estimate of drug-likeness (QED) is 0.456. The van der Waals surface area contributed by atoms with E-state index in [-0.39, 0.29) is 17.7 Å². The first-order valence-electron chi connectivity index (χ1n) is 8.03. The third-order valence-electron chi connectivity index (χ3n) is 4.33. The van der Waals surface area contributed by atoms with Crippen molar-refractivity contribution in [2.75, 3.05) is 5.73 Å². The van der Waals surface area contributed by atoms with Crippen LogP contribution in [0.25, 0.3) is 6.08 Å². The van der Waals surface area contributed by atoms with Crippen LogP contribution in [0.15, 0.2) is 48.5 Å². The number of benzene rings is 2. The molecule has 124 valence electrons. The highest BCUT2D eigenvalue weighted by Crippen LogP contribution is 2.30. The van der Waals surface area contributed by atoms with E-state index in [1.165, 1.54) is 17.2 Å². The SMILES string of the molecule is N#CC(=N)c1ccc(/C=C/C(=O)NC2CCc3ccccc32)cc1N. The minimum atomic E-state index is -0.175. The van der Waals surface area contributed by atoms with Crippen LogP contribution in [0, 0.1) is 16.7 Å². The van der Waals surface area contributed by atoms with Crippen molar-refractivity contribution in [3.05, 3.63) is 70.8 Å². The normalized spacial score (nSPS) is 15.6. The van der Waals surface area contributed by atoms with Crippen LogP contribution in [-0.2, 0) is 11.2 Å². The van der Waals surface area contributed by atoms with Crippen LogP contribution in [-0.4, -0.2) is 11.6 Å². The monoisotopic (exact) mass is 330 g/mol. The molecule has 0 saturated heterocycles. The Kier molecular flexibility index (Phi) is 4.62. The number of nitrogens with one attached hydrogen (secondary N) is 2. The highest BCUT2D eigenvalue weighted by Gasteiger charge is 2.22. The van der Waals surface area contributed by atoms with Crippen LogP contribution in [0.5, 0.6) is 0 Å². The summed E-state index contributed by atoms with van der Waals surface area (Å²) in [4.78, 5) is 12.2. The maximum Gasteiger partial charge on any atom is 0.244 e. The second-order valence-corrected chi connectivity index (χ2v) is 5.97. The van der Waals surface area contributed by atoms with E-state index < -0.39 is 0 Å².